The van der Waals surface area contributed by atoms with E-state index in [4.69, 9.17) is 16.3 Å². The van der Waals surface area contributed by atoms with Gasteiger partial charge in [-0.2, -0.15) is 0 Å². The van der Waals surface area contributed by atoms with Crippen LogP contribution in [0.1, 0.15) is 38.5 Å². The second kappa shape index (κ2) is 9.65. The summed E-state index contributed by atoms with van der Waals surface area (Å²) in [7, 11) is 1.90. The molecule has 6 heteroatoms. The first-order valence-corrected chi connectivity index (χ1v) is 9.36. The average Bonchev–Trinajstić information content (AvgIpc) is 2.91. The lowest BCUT2D eigenvalue weighted by Crippen LogP contribution is -2.40. The standard InChI is InChI=1S/C19H27ClN2O2.ClH/c1-22(9-2-10-24-18-7-3-15(20)4-8-18)19(23)13-14-11-16-5-6-17(12-14)21-16;/h3-4,7-8,14,16-17,21H,2,5-6,9-13H2,1H3;1H. The lowest BCUT2D eigenvalue weighted by molar-refractivity contribution is -0.131. The molecule has 0 radical (unpaired) electrons. The van der Waals surface area contributed by atoms with Crippen LogP contribution >= 0.6 is 24.0 Å². The van der Waals surface area contributed by atoms with Gasteiger partial charge >= 0.3 is 0 Å². The Hall–Kier alpha value is -0.970. The van der Waals surface area contributed by atoms with Gasteiger partial charge in [0.25, 0.3) is 0 Å². The molecule has 0 aromatic heterocycles. The van der Waals surface area contributed by atoms with Gasteiger partial charge in [0.1, 0.15) is 5.75 Å². The maximum atomic E-state index is 12.4. The maximum absolute atomic E-state index is 12.4. The van der Waals surface area contributed by atoms with Gasteiger partial charge in [0, 0.05) is 37.1 Å². The molecular weight excluding hydrogens is 359 g/mol. The van der Waals surface area contributed by atoms with Crippen LogP contribution in [0.15, 0.2) is 24.3 Å². The zero-order valence-electron chi connectivity index (χ0n) is 14.7. The first-order valence-electron chi connectivity index (χ1n) is 8.98. The molecule has 1 amide bonds. The summed E-state index contributed by atoms with van der Waals surface area (Å²) in [4.78, 5) is 14.3. The van der Waals surface area contributed by atoms with E-state index in [1.54, 1.807) is 0 Å². The van der Waals surface area contributed by atoms with Crippen molar-refractivity contribution in [1.29, 1.82) is 0 Å². The van der Waals surface area contributed by atoms with E-state index in [0.29, 0.717) is 36.1 Å². The molecule has 2 atom stereocenters. The molecule has 0 aliphatic carbocycles. The van der Waals surface area contributed by atoms with Crippen LogP contribution in [-0.4, -0.2) is 43.1 Å². The number of halogens is 2. The van der Waals surface area contributed by atoms with E-state index in [-0.39, 0.29) is 18.3 Å². The van der Waals surface area contributed by atoms with Gasteiger partial charge < -0.3 is 15.0 Å². The number of hydrogen-bond acceptors (Lipinski definition) is 3. The van der Waals surface area contributed by atoms with Gasteiger partial charge in [-0.05, 0) is 62.3 Å². The van der Waals surface area contributed by atoms with Crippen LogP contribution in [0, 0.1) is 5.92 Å². The highest BCUT2D eigenvalue weighted by molar-refractivity contribution is 6.30. The number of carbonyl (C=O) groups is 1. The van der Waals surface area contributed by atoms with Crippen molar-refractivity contribution in [3.63, 3.8) is 0 Å². The van der Waals surface area contributed by atoms with Crippen molar-refractivity contribution in [3.05, 3.63) is 29.3 Å². The number of piperidine rings is 1. The highest BCUT2D eigenvalue weighted by Gasteiger charge is 2.34. The van der Waals surface area contributed by atoms with Crippen molar-refractivity contribution < 1.29 is 9.53 Å². The van der Waals surface area contributed by atoms with E-state index < -0.39 is 0 Å². The Morgan fingerprint density at radius 3 is 2.52 bits per heavy atom. The monoisotopic (exact) mass is 386 g/mol. The van der Waals surface area contributed by atoms with Crippen molar-refractivity contribution in [2.75, 3.05) is 20.2 Å². The number of ether oxygens (including phenoxy) is 1. The Morgan fingerprint density at radius 2 is 1.88 bits per heavy atom. The Kier molecular flexibility index (Phi) is 7.85. The number of nitrogens with one attached hydrogen (secondary N) is 1. The summed E-state index contributed by atoms with van der Waals surface area (Å²) in [6.07, 6.45) is 6.43. The van der Waals surface area contributed by atoms with Gasteiger partial charge in [-0.3, -0.25) is 4.79 Å². The minimum absolute atomic E-state index is 0. The second-order valence-corrected chi connectivity index (χ2v) is 7.59. The third-order valence-electron chi connectivity index (χ3n) is 5.18. The molecule has 2 unspecified atom stereocenters. The zero-order valence-corrected chi connectivity index (χ0v) is 16.3. The molecule has 140 valence electrons. The van der Waals surface area contributed by atoms with Crippen LogP contribution < -0.4 is 10.1 Å². The minimum atomic E-state index is 0. The molecule has 2 heterocycles. The number of rotatable bonds is 7. The summed E-state index contributed by atoms with van der Waals surface area (Å²) >= 11 is 5.85. The van der Waals surface area contributed by atoms with Gasteiger partial charge in [0.05, 0.1) is 6.61 Å². The van der Waals surface area contributed by atoms with Crippen molar-refractivity contribution in [2.45, 2.75) is 50.6 Å². The van der Waals surface area contributed by atoms with Gasteiger partial charge in [-0.15, -0.1) is 12.4 Å². The maximum Gasteiger partial charge on any atom is 0.222 e. The third kappa shape index (κ3) is 6.05. The number of hydrogen-bond donors (Lipinski definition) is 1. The van der Waals surface area contributed by atoms with Crippen molar-refractivity contribution in [2.24, 2.45) is 5.92 Å². The summed E-state index contributed by atoms with van der Waals surface area (Å²) < 4.78 is 5.67. The lowest BCUT2D eigenvalue weighted by Gasteiger charge is -2.30. The van der Waals surface area contributed by atoms with Crippen LogP contribution in [0.2, 0.25) is 5.02 Å². The van der Waals surface area contributed by atoms with E-state index in [1.165, 1.54) is 12.8 Å². The number of carbonyl (C=O) groups excluding carboxylic acids is 1. The number of benzene rings is 1. The molecule has 1 aromatic rings. The molecular formula is C19H28Cl2N2O2. The Labute approximate surface area is 161 Å². The van der Waals surface area contributed by atoms with Crippen molar-refractivity contribution in [3.8, 4) is 5.75 Å². The van der Waals surface area contributed by atoms with Crippen molar-refractivity contribution >= 4 is 29.9 Å². The van der Waals surface area contributed by atoms with Gasteiger partial charge in [0.15, 0.2) is 0 Å². The zero-order chi connectivity index (χ0) is 16.9. The van der Waals surface area contributed by atoms with E-state index in [2.05, 4.69) is 5.32 Å². The molecule has 2 saturated heterocycles. The van der Waals surface area contributed by atoms with Gasteiger partial charge in [0.2, 0.25) is 5.91 Å². The van der Waals surface area contributed by atoms with Crippen LogP contribution in [0.25, 0.3) is 0 Å². The van der Waals surface area contributed by atoms with Crippen LogP contribution in [0.4, 0.5) is 0 Å². The van der Waals surface area contributed by atoms with E-state index in [9.17, 15) is 4.79 Å². The fraction of sp³-hybridized carbons (Fsp3) is 0.632. The Morgan fingerprint density at radius 1 is 1.24 bits per heavy atom. The summed E-state index contributed by atoms with van der Waals surface area (Å²) in [6, 6.07) is 8.67. The lowest BCUT2D eigenvalue weighted by atomic mass is 9.89. The highest BCUT2D eigenvalue weighted by atomic mass is 35.5. The number of nitrogens with zero attached hydrogens (tertiary/aromatic N) is 1. The molecule has 0 spiro atoms. The molecule has 0 saturated carbocycles. The molecule has 2 bridgehead atoms. The van der Waals surface area contributed by atoms with E-state index >= 15 is 0 Å². The summed E-state index contributed by atoms with van der Waals surface area (Å²) in [5.41, 5.74) is 0. The summed E-state index contributed by atoms with van der Waals surface area (Å²) in [6.45, 7) is 1.35. The molecule has 4 nitrogen and oxygen atoms in total. The fourth-order valence-corrected chi connectivity index (χ4v) is 4.02. The van der Waals surface area contributed by atoms with Crippen LogP contribution in [0.3, 0.4) is 0 Å². The first-order chi connectivity index (χ1) is 11.6. The molecule has 2 aliphatic rings. The molecule has 1 N–H and O–H groups in total. The fourth-order valence-electron chi connectivity index (χ4n) is 3.89. The highest BCUT2D eigenvalue weighted by Crippen LogP contribution is 2.32. The Bertz CT molecular complexity index is 541. The van der Waals surface area contributed by atoms with Gasteiger partial charge in [-0.1, -0.05) is 11.6 Å². The smallest absolute Gasteiger partial charge is 0.222 e. The quantitative estimate of drug-likeness (QED) is 0.722. The summed E-state index contributed by atoms with van der Waals surface area (Å²) in [5, 5.41) is 4.34. The van der Waals surface area contributed by atoms with Gasteiger partial charge in [-0.25, -0.2) is 0 Å². The van der Waals surface area contributed by atoms with E-state index in [0.717, 1.165) is 31.6 Å². The topological polar surface area (TPSA) is 41.6 Å². The second-order valence-electron chi connectivity index (χ2n) is 7.15. The molecule has 2 fully saturated rings. The molecule has 1 aromatic carbocycles. The molecule has 25 heavy (non-hydrogen) atoms. The number of amides is 1. The number of fused-ring (bicyclic) bond motifs is 2. The largest absolute Gasteiger partial charge is 0.494 e. The first kappa shape index (κ1) is 20.3. The average molecular weight is 387 g/mol. The SMILES string of the molecule is CN(CCCOc1ccc(Cl)cc1)C(=O)CC1CC2CCC(C1)N2.Cl. The minimum Gasteiger partial charge on any atom is -0.494 e. The molecule has 2 aliphatic heterocycles. The van der Waals surface area contributed by atoms with Crippen LogP contribution in [-0.2, 0) is 4.79 Å². The van der Waals surface area contributed by atoms with Crippen LogP contribution in [0.5, 0.6) is 5.75 Å². The summed E-state index contributed by atoms with van der Waals surface area (Å²) in [5.74, 6) is 1.65. The normalized spacial score (nSPS) is 24.5. The third-order valence-corrected chi connectivity index (χ3v) is 5.43. The van der Waals surface area contributed by atoms with E-state index in [1.807, 2.05) is 36.2 Å². The predicted molar refractivity (Wildman–Crippen MR) is 104 cm³/mol. The predicted octanol–water partition coefficient (Wildman–Crippen LogP) is 3.91. The van der Waals surface area contributed by atoms with Crippen molar-refractivity contribution in [1.82, 2.24) is 10.2 Å². The Balaban J connectivity index is 0.00000225. The molecule has 3 rings (SSSR count).